The van der Waals surface area contributed by atoms with Gasteiger partial charge in [0.1, 0.15) is 5.82 Å². The highest BCUT2D eigenvalue weighted by atomic mass is 19.1. The van der Waals surface area contributed by atoms with Crippen molar-refractivity contribution in [3.05, 3.63) is 46.8 Å². The van der Waals surface area contributed by atoms with E-state index < -0.39 is 0 Å². The van der Waals surface area contributed by atoms with E-state index in [0.29, 0.717) is 5.56 Å². The molecule has 1 unspecified atom stereocenters. The molecule has 1 atom stereocenters. The van der Waals surface area contributed by atoms with E-state index in [2.05, 4.69) is 32.2 Å². The molecular weight excluding hydrogens is 213 g/mol. The molecule has 0 saturated carbocycles. The molecule has 0 radical (unpaired) electrons. The molecule has 1 aromatic rings. The lowest BCUT2D eigenvalue weighted by Gasteiger charge is -2.16. The van der Waals surface area contributed by atoms with Gasteiger partial charge in [-0.3, -0.25) is 0 Å². The number of allylic oxidation sites excluding steroid dienone is 1. The maximum Gasteiger partial charge on any atom is 0.126 e. The zero-order chi connectivity index (χ0) is 12.8. The second-order valence-corrected chi connectivity index (χ2v) is 4.68. The molecule has 0 bridgehead atoms. The third kappa shape index (κ3) is 4.31. The normalized spacial score (nSPS) is 12.3. The Hall–Kier alpha value is -1.15. The summed E-state index contributed by atoms with van der Waals surface area (Å²) >= 11 is 0. The summed E-state index contributed by atoms with van der Waals surface area (Å²) in [6.45, 7) is 9.07. The van der Waals surface area contributed by atoms with E-state index in [-0.39, 0.29) is 11.9 Å². The summed E-state index contributed by atoms with van der Waals surface area (Å²) in [7, 11) is 0. The van der Waals surface area contributed by atoms with Crippen molar-refractivity contribution in [2.75, 3.05) is 6.54 Å². The topological polar surface area (TPSA) is 12.0 Å². The smallest absolute Gasteiger partial charge is 0.126 e. The van der Waals surface area contributed by atoms with E-state index >= 15 is 0 Å². The molecule has 0 spiro atoms. The van der Waals surface area contributed by atoms with E-state index in [0.717, 1.165) is 18.5 Å². The molecular formula is C15H22FN. The van der Waals surface area contributed by atoms with Crippen molar-refractivity contribution >= 4 is 0 Å². The Balaban J connectivity index is 2.95. The van der Waals surface area contributed by atoms with E-state index in [9.17, 15) is 4.39 Å². The zero-order valence-corrected chi connectivity index (χ0v) is 11.2. The van der Waals surface area contributed by atoms with Gasteiger partial charge in [0, 0.05) is 0 Å². The molecule has 0 amide bonds. The molecule has 0 saturated heterocycles. The first-order valence-electron chi connectivity index (χ1n) is 6.19. The van der Waals surface area contributed by atoms with E-state index in [1.807, 2.05) is 12.1 Å². The fourth-order valence-corrected chi connectivity index (χ4v) is 1.77. The molecule has 1 N–H and O–H groups in total. The molecule has 2 heteroatoms. The van der Waals surface area contributed by atoms with Gasteiger partial charge in [-0.15, -0.1) is 0 Å². The second-order valence-electron chi connectivity index (χ2n) is 4.68. The highest BCUT2D eigenvalue weighted by molar-refractivity contribution is 5.29. The largest absolute Gasteiger partial charge is 0.307 e. The number of rotatable bonds is 5. The first kappa shape index (κ1) is 13.9. The third-order valence-corrected chi connectivity index (χ3v) is 2.66. The van der Waals surface area contributed by atoms with E-state index in [1.54, 1.807) is 13.0 Å². The number of halogens is 1. The van der Waals surface area contributed by atoms with Crippen LogP contribution in [-0.4, -0.2) is 6.54 Å². The lowest BCUT2D eigenvalue weighted by atomic mass is 10.0. The molecule has 1 nitrogen and oxygen atoms in total. The second kappa shape index (κ2) is 6.55. The number of nitrogens with one attached hydrogen (secondary N) is 1. The minimum Gasteiger partial charge on any atom is -0.307 e. The van der Waals surface area contributed by atoms with Crippen LogP contribution in [0.1, 0.15) is 44.4 Å². The first-order chi connectivity index (χ1) is 8.04. The molecule has 0 aliphatic rings. The Bertz CT molecular complexity index is 392. The summed E-state index contributed by atoms with van der Waals surface area (Å²) in [5.41, 5.74) is 3.09. The predicted octanol–water partition coefficient (Wildman–Crippen LogP) is 4.14. The molecule has 0 aliphatic heterocycles. The monoisotopic (exact) mass is 235 g/mol. The lowest BCUT2D eigenvalue weighted by Crippen LogP contribution is -2.20. The Morgan fingerprint density at radius 2 is 2.12 bits per heavy atom. The van der Waals surface area contributed by atoms with Crippen molar-refractivity contribution in [1.82, 2.24) is 5.32 Å². The van der Waals surface area contributed by atoms with Crippen LogP contribution in [0.3, 0.4) is 0 Å². The Kier molecular flexibility index (Phi) is 5.36. The predicted molar refractivity (Wildman–Crippen MR) is 71.6 cm³/mol. The van der Waals surface area contributed by atoms with Gasteiger partial charge >= 0.3 is 0 Å². The van der Waals surface area contributed by atoms with Crippen LogP contribution in [0.25, 0.3) is 0 Å². The Morgan fingerprint density at radius 1 is 1.41 bits per heavy atom. The summed E-state index contributed by atoms with van der Waals surface area (Å²) < 4.78 is 13.2. The summed E-state index contributed by atoms with van der Waals surface area (Å²) in [6, 6.07) is 5.50. The van der Waals surface area contributed by atoms with Gasteiger partial charge in [-0.25, -0.2) is 4.39 Å². The van der Waals surface area contributed by atoms with Crippen molar-refractivity contribution < 1.29 is 4.39 Å². The van der Waals surface area contributed by atoms with Gasteiger partial charge in [0.05, 0.1) is 6.04 Å². The molecule has 0 aliphatic carbocycles. The average Bonchev–Trinajstić information content (AvgIpc) is 2.27. The van der Waals surface area contributed by atoms with Crippen LogP contribution in [-0.2, 0) is 0 Å². The highest BCUT2D eigenvalue weighted by Gasteiger charge is 2.09. The third-order valence-electron chi connectivity index (χ3n) is 2.66. The van der Waals surface area contributed by atoms with E-state index in [1.165, 1.54) is 5.57 Å². The van der Waals surface area contributed by atoms with Gasteiger partial charge < -0.3 is 5.32 Å². The number of hydrogen-bond acceptors (Lipinski definition) is 1. The summed E-state index contributed by atoms with van der Waals surface area (Å²) in [6.07, 6.45) is 3.27. The molecule has 0 aromatic heterocycles. The summed E-state index contributed by atoms with van der Waals surface area (Å²) in [5, 5.41) is 3.46. The van der Waals surface area contributed by atoms with Gasteiger partial charge in [-0.05, 0) is 50.9 Å². The molecule has 0 fully saturated rings. The molecule has 17 heavy (non-hydrogen) atoms. The van der Waals surface area contributed by atoms with Gasteiger partial charge in [-0.1, -0.05) is 30.7 Å². The standard InChI is InChI=1S/C15H22FN/c1-5-8-17-15(9-11(2)3)13-6-7-14(16)12(4)10-13/h6-7,9-10,15,17H,5,8H2,1-4H3. The van der Waals surface area contributed by atoms with Crippen molar-refractivity contribution in [2.45, 2.75) is 40.2 Å². The molecule has 1 rings (SSSR count). The van der Waals surface area contributed by atoms with Crippen molar-refractivity contribution in [1.29, 1.82) is 0 Å². The number of benzene rings is 1. The van der Waals surface area contributed by atoms with Gasteiger partial charge in [0.15, 0.2) is 0 Å². The van der Waals surface area contributed by atoms with Gasteiger partial charge in [-0.2, -0.15) is 0 Å². The Labute approximate surface area is 104 Å². The fraction of sp³-hybridized carbons (Fsp3) is 0.467. The van der Waals surface area contributed by atoms with Crippen LogP contribution in [0.4, 0.5) is 4.39 Å². The van der Waals surface area contributed by atoms with Crippen LogP contribution in [0.15, 0.2) is 29.8 Å². The molecule has 0 heterocycles. The number of hydrogen-bond donors (Lipinski definition) is 1. The maximum atomic E-state index is 13.2. The fourth-order valence-electron chi connectivity index (χ4n) is 1.77. The minimum atomic E-state index is -0.139. The molecule has 1 aromatic carbocycles. The average molecular weight is 235 g/mol. The van der Waals surface area contributed by atoms with E-state index in [4.69, 9.17) is 0 Å². The van der Waals surface area contributed by atoms with Crippen LogP contribution in [0, 0.1) is 12.7 Å². The van der Waals surface area contributed by atoms with Crippen LogP contribution < -0.4 is 5.32 Å². The van der Waals surface area contributed by atoms with Crippen molar-refractivity contribution in [3.63, 3.8) is 0 Å². The van der Waals surface area contributed by atoms with Crippen molar-refractivity contribution in [3.8, 4) is 0 Å². The summed E-state index contributed by atoms with van der Waals surface area (Å²) in [4.78, 5) is 0. The first-order valence-corrected chi connectivity index (χ1v) is 6.19. The maximum absolute atomic E-state index is 13.2. The number of aryl methyl sites for hydroxylation is 1. The quantitative estimate of drug-likeness (QED) is 0.756. The van der Waals surface area contributed by atoms with Crippen LogP contribution in [0.2, 0.25) is 0 Å². The lowest BCUT2D eigenvalue weighted by molar-refractivity contribution is 0.598. The highest BCUT2D eigenvalue weighted by Crippen LogP contribution is 2.19. The zero-order valence-electron chi connectivity index (χ0n) is 11.2. The van der Waals surface area contributed by atoms with Crippen LogP contribution in [0.5, 0.6) is 0 Å². The van der Waals surface area contributed by atoms with Crippen LogP contribution >= 0.6 is 0 Å². The van der Waals surface area contributed by atoms with Gasteiger partial charge in [0.25, 0.3) is 0 Å². The molecule has 94 valence electrons. The van der Waals surface area contributed by atoms with Gasteiger partial charge in [0.2, 0.25) is 0 Å². The van der Waals surface area contributed by atoms with Crippen molar-refractivity contribution in [2.24, 2.45) is 0 Å². The minimum absolute atomic E-state index is 0.139. The Morgan fingerprint density at radius 3 is 2.65 bits per heavy atom. The summed E-state index contributed by atoms with van der Waals surface area (Å²) in [5.74, 6) is -0.139. The SMILES string of the molecule is CCCNC(C=C(C)C)c1ccc(F)c(C)c1.